The number of anilines is 1. The van der Waals surface area contributed by atoms with Crippen molar-refractivity contribution < 1.29 is 4.79 Å². The maximum absolute atomic E-state index is 12.5. The molecule has 0 saturated carbocycles. The van der Waals surface area contributed by atoms with Crippen LogP contribution in [-0.2, 0) is 11.2 Å². The average molecular weight is 244 g/mol. The van der Waals surface area contributed by atoms with Crippen molar-refractivity contribution in [2.75, 3.05) is 18.0 Å². The van der Waals surface area contributed by atoms with Gasteiger partial charge in [0.25, 0.3) is 0 Å². The monoisotopic (exact) mass is 244 g/mol. The lowest BCUT2D eigenvalue weighted by Crippen LogP contribution is -2.37. The standard InChI is InChI=1S/C15H20N2O/c1-11-8-13-4-2-3-5-14(13)17(11)15(18)9-12-6-7-16-10-12/h2-5,11-12,16H,6-10H2,1H3/t11-,12-/m0/s1. The molecule has 96 valence electrons. The number of fused-ring (bicyclic) bond motifs is 1. The summed E-state index contributed by atoms with van der Waals surface area (Å²) >= 11 is 0. The Kier molecular flexibility index (Phi) is 3.08. The molecule has 0 aromatic heterocycles. The molecular weight excluding hydrogens is 224 g/mol. The van der Waals surface area contributed by atoms with Gasteiger partial charge in [-0.3, -0.25) is 4.79 Å². The summed E-state index contributed by atoms with van der Waals surface area (Å²) in [7, 11) is 0. The number of nitrogens with zero attached hydrogens (tertiary/aromatic N) is 1. The third kappa shape index (κ3) is 2.03. The van der Waals surface area contributed by atoms with Crippen LogP contribution in [0, 0.1) is 5.92 Å². The smallest absolute Gasteiger partial charge is 0.227 e. The molecule has 3 heteroatoms. The van der Waals surface area contributed by atoms with E-state index in [2.05, 4.69) is 30.4 Å². The fourth-order valence-electron chi connectivity index (χ4n) is 3.18. The molecule has 3 nitrogen and oxygen atoms in total. The van der Waals surface area contributed by atoms with Crippen molar-refractivity contribution >= 4 is 11.6 Å². The summed E-state index contributed by atoms with van der Waals surface area (Å²) in [5.74, 6) is 0.818. The molecule has 1 saturated heterocycles. The van der Waals surface area contributed by atoms with E-state index in [0.717, 1.165) is 31.6 Å². The highest BCUT2D eigenvalue weighted by molar-refractivity contribution is 5.96. The second kappa shape index (κ2) is 4.73. The van der Waals surface area contributed by atoms with Crippen molar-refractivity contribution in [1.82, 2.24) is 5.32 Å². The van der Waals surface area contributed by atoms with Crippen LogP contribution in [-0.4, -0.2) is 25.0 Å². The molecule has 1 aromatic rings. The van der Waals surface area contributed by atoms with Gasteiger partial charge in [-0.1, -0.05) is 18.2 Å². The Balaban J connectivity index is 1.77. The topological polar surface area (TPSA) is 32.3 Å². The maximum atomic E-state index is 12.5. The maximum Gasteiger partial charge on any atom is 0.227 e. The molecule has 0 spiro atoms. The SMILES string of the molecule is C[C@H]1Cc2ccccc2N1C(=O)C[C@@H]1CCNC1. The molecule has 0 unspecified atom stereocenters. The van der Waals surface area contributed by atoms with Gasteiger partial charge in [-0.15, -0.1) is 0 Å². The van der Waals surface area contributed by atoms with E-state index in [0.29, 0.717) is 24.3 Å². The molecule has 0 aliphatic carbocycles. The number of rotatable bonds is 2. The summed E-state index contributed by atoms with van der Waals surface area (Å²) in [6.07, 6.45) is 2.81. The van der Waals surface area contributed by atoms with Gasteiger partial charge in [-0.2, -0.15) is 0 Å². The van der Waals surface area contributed by atoms with Crippen LogP contribution in [0.2, 0.25) is 0 Å². The summed E-state index contributed by atoms with van der Waals surface area (Å²) in [5, 5.41) is 3.33. The minimum Gasteiger partial charge on any atom is -0.316 e. The Morgan fingerprint density at radius 1 is 1.44 bits per heavy atom. The van der Waals surface area contributed by atoms with Gasteiger partial charge in [0.2, 0.25) is 5.91 Å². The number of benzene rings is 1. The lowest BCUT2D eigenvalue weighted by Gasteiger charge is -2.24. The lowest BCUT2D eigenvalue weighted by atomic mass is 10.0. The molecule has 2 heterocycles. The fourth-order valence-corrected chi connectivity index (χ4v) is 3.18. The largest absolute Gasteiger partial charge is 0.316 e. The van der Waals surface area contributed by atoms with Gasteiger partial charge >= 0.3 is 0 Å². The van der Waals surface area contributed by atoms with Crippen LogP contribution in [0.5, 0.6) is 0 Å². The number of hydrogen-bond acceptors (Lipinski definition) is 2. The third-order valence-electron chi connectivity index (χ3n) is 4.10. The van der Waals surface area contributed by atoms with E-state index < -0.39 is 0 Å². The van der Waals surface area contributed by atoms with E-state index >= 15 is 0 Å². The molecule has 1 amide bonds. The molecule has 0 bridgehead atoms. The van der Waals surface area contributed by atoms with Gasteiger partial charge in [0, 0.05) is 18.2 Å². The number of nitrogens with one attached hydrogen (secondary N) is 1. The molecule has 3 rings (SSSR count). The van der Waals surface area contributed by atoms with Gasteiger partial charge in [0.05, 0.1) is 0 Å². The molecule has 2 atom stereocenters. The first-order chi connectivity index (χ1) is 8.75. The summed E-state index contributed by atoms with van der Waals surface area (Å²) in [6.45, 7) is 4.20. The zero-order valence-corrected chi connectivity index (χ0v) is 10.9. The Morgan fingerprint density at radius 3 is 3.06 bits per heavy atom. The third-order valence-corrected chi connectivity index (χ3v) is 4.10. The Labute approximate surface area is 108 Å². The Hall–Kier alpha value is -1.35. The highest BCUT2D eigenvalue weighted by Crippen LogP contribution is 2.33. The summed E-state index contributed by atoms with van der Waals surface area (Å²) < 4.78 is 0. The molecule has 1 N–H and O–H groups in total. The second-order valence-corrected chi connectivity index (χ2v) is 5.51. The van der Waals surface area contributed by atoms with E-state index in [1.165, 1.54) is 5.56 Å². The predicted molar refractivity (Wildman–Crippen MR) is 72.7 cm³/mol. The molecule has 0 radical (unpaired) electrons. The molecule has 1 aromatic carbocycles. The van der Waals surface area contributed by atoms with Crippen LogP contribution in [0.3, 0.4) is 0 Å². The predicted octanol–water partition coefficient (Wildman–Crippen LogP) is 1.96. The van der Waals surface area contributed by atoms with Crippen LogP contribution < -0.4 is 10.2 Å². The summed E-state index contributed by atoms with van der Waals surface area (Å²) in [4.78, 5) is 14.5. The Bertz CT molecular complexity index is 452. The molecule has 2 aliphatic heterocycles. The second-order valence-electron chi connectivity index (χ2n) is 5.51. The van der Waals surface area contributed by atoms with Crippen molar-refractivity contribution in [3.8, 4) is 0 Å². The first kappa shape index (κ1) is 11.7. The zero-order valence-electron chi connectivity index (χ0n) is 10.9. The molecular formula is C15H20N2O. The highest BCUT2D eigenvalue weighted by Gasteiger charge is 2.31. The van der Waals surface area contributed by atoms with Crippen LogP contribution in [0.4, 0.5) is 5.69 Å². The average Bonchev–Trinajstić information content (AvgIpc) is 2.94. The van der Waals surface area contributed by atoms with Gasteiger partial charge in [0.1, 0.15) is 0 Å². The minimum atomic E-state index is 0.293. The van der Waals surface area contributed by atoms with E-state index in [9.17, 15) is 4.79 Å². The zero-order chi connectivity index (χ0) is 12.5. The van der Waals surface area contributed by atoms with Crippen LogP contribution in [0.25, 0.3) is 0 Å². The molecule has 2 aliphatic rings. The van der Waals surface area contributed by atoms with Crippen molar-refractivity contribution in [2.24, 2.45) is 5.92 Å². The quantitative estimate of drug-likeness (QED) is 0.862. The first-order valence-corrected chi connectivity index (χ1v) is 6.86. The van der Waals surface area contributed by atoms with Crippen LogP contribution >= 0.6 is 0 Å². The molecule has 18 heavy (non-hydrogen) atoms. The van der Waals surface area contributed by atoms with Gasteiger partial charge in [-0.05, 0) is 50.4 Å². The normalized spacial score (nSPS) is 26.4. The number of para-hydroxylation sites is 1. The number of hydrogen-bond donors (Lipinski definition) is 1. The number of amides is 1. The summed E-state index contributed by atoms with van der Waals surface area (Å²) in [5.41, 5.74) is 2.43. The minimum absolute atomic E-state index is 0.293. The van der Waals surface area contributed by atoms with Crippen LogP contribution in [0.1, 0.15) is 25.3 Å². The van der Waals surface area contributed by atoms with E-state index in [1.54, 1.807) is 0 Å². The van der Waals surface area contributed by atoms with E-state index in [4.69, 9.17) is 0 Å². The fraction of sp³-hybridized carbons (Fsp3) is 0.533. The van der Waals surface area contributed by atoms with Gasteiger partial charge in [0.15, 0.2) is 0 Å². The van der Waals surface area contributed by atoms with Crippen LogP contribution in [0.15, 0.2) is 24.3 Å². The van der Waals surface area contributed by atoms with Gasteiger partial charge < -0.3 is 10.2 Å². The number of carbonyl (C=O) groups excluding carboxylic acids is 1. The lowest BCUT2D eigenvalue weighted by molar-refractivity contribution is -0.119. The molecule has 1 fully saturated rings. The number of carbonyl (C=O) groups is 1. The van der Waals surface area contributed by atoms with Crippen molar-refractivity contribution in [1.29, 1.82) is 0 Å². The summed E-state index contributed by atoms with van der Waals surface area (Å²) in [6, 6.07) is 8.60. The van der Waals surface area contributed by atoms with Crippen molar-refractivity contribution in [2.45, 2.75) is 32.2 Å². The Morgan fingerprint density at radius 2 is 2.28 bits per heavy atom. The highest BCUT2D eigenvalue weighted by atomic mass is 16.2. The van der Waals surface area contributed by atoms with Gasteiger partial charge in [-0.25, -0.2) is 0 Å². The first-order valence-electron chi connectivity index (χ1n) is 6.86. The van der Waals surface area contributed by atoms with Crippen molar-refractivity contribution in [3.05, 3.63) is 29.8 Å². The van der Waals surface area contributed by atoms with E-state index in [1.807, 2.05) is 11.0 Å². The van der Waals surface area contributed by atoms with Crippen molar-refractivity contribution in [3.63, 3.8) is 0 Å². The van der Waals surface area contributed by atoms with E-state index in [-0.39, 0.29) is 0 Å².